The van der Waals surface area contributed by atoms with E-state index in [0.717, 1.165) is 0 Å². The second kappa shape index (κ2) is 3.02. The molecule has 74 valence electrons. The van der Waals surface area contributed by atoms with Crippen molar-refractivity contribution in [3.8, 4) is 0 Å². The molecule has 1 fully saturated rings. The first-order valence-corrected chi connectivity index (χ1v) is 4.33. The highest BCUT2D eigenvalue weighted by molar-refractivity contribution is 5.71. The van der Waals surface area contributed by atoms with Gasteiger partial charge in [0.1, 0.15) is 5.60 Å². The van der Waals surface area contributed by atoms with Crippen molar-refractivity contribution < 1.29 is 15.0 Å². The number of rotatable bonds is 2. The monoisotopic (exact) mass is 194 g/mol. The van der Waals surface area contributed by atoms with E-state index in [-0.39, 0.29) is 12.8 Å². The molecule has 1 aromatic rings. The molecule has 0 atom stereocenters. The molecule has 0 aromatic carbocycles. The largest absolute Gasteiger partial charge is 0.481 e. The molecular weight excluding hydrogens is 184 g/mol. The van der Waals surface area contributed by atoms with E-state index < -0.39 is 17.5 Å². The zero-order valence-corrected chi connectivity index (χ0v) is 7.42. The summed E-state index contributed by atoms with van der Waals surface area (Å²) in [5.74, 6) is -1.32. The van der Waals surface area contributed by atoms with Gasteiger partial charge < -0.3 is 10.2 Å². The maximum atomic E-state index is 10.6. The summed E-state index contributed by atoms with van der Waals surface area (Å²) in [5.41, 5.74) is -0.630. The zero-order chi connectivity index (χ0) is 10.2. The molecule has 1 aliphatic carbocycles. The van der Waals surface area contributed by atoms with Gasteiger partial charge in [-0.05, 0) is 12.8 Å². The van der Waals surface area contributed by atoms with Crippen LogP contribution in [0.3, 0.4) is 0 Å². The van der Waals surface area contributed by atoms with E-state index in [9.17, 15) is 9.90 Å². The Bertz CT molecular complexity index is 346. The van der Waals surface area contributed by atoms with Crippen LogP contribution in [0.25, 0.3) is 0 Å². The van der Waals surface area contributed by atoms with E-state index in [2.05, 4.69) is 9.97 Å². The predicted octanol–water partition coefficient (Wildman–Crippen LogP) is 0.159. The van der Waals surface area contributed by atoms with Crippen molar-refractivity contribution in [3.63, 3.8) is 0 Å². The lowest BCUT2D eigenvalue weighted by atomic mass is 9.69. The van der Waals surface area contributed by atoms with Crippen LogP contribution >= 0.6 is 0 Å². The van der Waals surface area contributed by atoms with Crippen LogP contribution in [0.1, 0.15) is 18.5 Å². The van der Waals surface area contributed by atoms with Crippen molar-refractivity contribution >= 4 is 5.97 Å². The van der Waals surface area contributed by atoms with Crippen LogP contribution in [-0.4, -0.2) is 26.2 Å². The summed E-state index contributed by atoms with van der Waals surface area (Å²) in [4.78, 5) is 18.3. The van der Waals surface area contributed by atoms with Gasteiger partial charge >= 0.3 is 5.97 Å². The van der Waals surface area contributed by atoms with Crippen molar-refractivity contribution in [1.29, 1.82) is 0 Å². The highest BCUT2D eigenvalue weighted by atomic mass is 16.4. The summed E-state index contributed by atoms with van der Waals surface area (Å²) in [5, 5.41) is 18.6. The molecule has 0 unspecified atom stereocenters. The SMILES string of the molecule is O=C(O)C1CC(O)(c2cnccn2)C1. The third kappa shape index (κ3) is 1.35. The third-order valence-corrected chi connectivity index (χ3v) is 2.56. The normalized spacial score (nSPS) is 30.8. The Kier molecular flexibility index (Phi) is 1.96. The van der Waals surface area contributed by atoms with Crippen LogP contribution in [-0.2, 0) is 10.4 Å². The van der Waals surface area contributed by atoms with E-state index >= 15 is 0 Å². The van der Waals surface area contributed by atoms with Crippen LogP contribution in [0.4, 0.5) is 0 Å². The Balaban J connectivity index is 2.12. The third-order valence-electron chi connectivity index (χ3n) is 2.56. The second-order valence-corrected chi connectivity index (χ2v) is 3.57. The summed E-state index contributed by atoms with van der Waals surface area (Å²) in [6.07, 6.45) is 4.92. The Morgan fingerprint density at radius 2 is 2.21 bits per heavy atom. The van der Waals surface area contributed by atoms with Crippen molar-refractivity contribution in [1.82, 2.24) is 9.97 Å². The Labute approximate surface area is 80.4 Å². The molecule has 5 heteroatoms. The Morgan fingerprint density at radius 3 is 2.71 bits per heavy atom. The number of aliphatic carboxylic acids is 1. The minimum Gasteiger partial charge on any atom is -0.481 e. The maximum Gasteiger partial charge on any atom is 0.306 e. The van der Waals surface area contributed by atoms with Gasteiger partial charge in [-0.1, -0.05) is 0 Å². The van der Waals surface area contributed by atoms with Gasteiger partial charge in [-0.3, -0.25) is 14.8 Å². The lowest BCUT2D eigenvalue weighted by Gasteiger charge is -2.40. The molecular formula is C9H10N2O3. The summed E-state index contributed by atoms with van der Waals surface area (Å²) < 4.78 is 0. The van der Waals surface area contributed by atoms with Gasteiger partial charge in [-0.25, -0.2) is 0 Å². The van der Waals surface area contributed by atoms with Gasteiger partial charge in [0.2, 0.25) is 0 Å². The molecule has 1 saturated carbocycles. The van der Waals surface area contributed by atoms with Gasteiger partial charge in [0, 0.05) is 12.4 Å². The van der Waals surface area contributed by atoms with Gasteiger partial charge in [0.25, 0.3) is 0 Å². The maximum absolute atomic E-state index is 10.6. The first-order chi connectivity index (χ1) is 6.62. The van der Waals surface area contributed by atoms with Crippen LogP contribution in [0.2, 0.25) is 0 Å². The number of nitrogens with zero attached hydrogens (tertiary/aromatic N) is 2. The minimum atomic E-state index is -1.09. The van der Waals surface area contributed by atoms with Gasteiger partial charge in [0.15, 0.2) is 0 Å². The molecule has 2 N–H and O–H groups in total. The molecule has 0 spiro atoms. The topological polar surface area (TPSA) is 83.3 Å². The fraction of sp³-hybridized carbons (Fsp3) is 0.444. The first kappa shape index (κ1) is 9.08. The van der Waals surface area contributed by atoms with Crippen LogP contribution in [0, 0.1) is 5.92 Å². The molecule has 0 bridgehead atoms. The average Bonchev–Trinajstić information content (AvgIpc) is 2.14. The van der Waals surface area contributed by atoms with E-state index in [1.807, 2.05) is 0 Å². The number of hydrogen-bond donors (Lipinski definition) is 2. The summed E-state index contributed by atoms with van der Waals surface area (Å²) in [7, 11) is 0. The van der Waals surface area contributed by atoms with Gasteiger partial charge in [-0.15, -0.1) is 0 Å². The Morgan fingerprint density at radius 1 is 1.50 bits per heavy atom. The van der Waals surface area contributed by atoms with E-state index in [0.29, 0.717) is 5.69 Å². The van der Waals surface area contributed by atoms with E-state index in [1.54, 1.807) is 0 Å². The Hall–Kier alpha value is -1.49. The molecule has 14 heavy (non-hydrogen) atoms. The predicted molar refractivity (Wildman–Crippen MR) is 46.3 cm³/mol. The molecule has 1 aliphatic rings. The van der Waals surface area contributed by atoms with Gasteiger partial charge in [0.05, 0.1) is 17.8 Å². The number of carboxylic acids is 1. The molecule has 1 heterocycles. The number of aromatic nitrogens is 2. The van der Waals surface area contributed by atoms with Gasteiger partial charge in [-0.2, -0.15) is 0 Å². The van der Waals surface area contributed by atoms with Crippen molar-refractivity contribution in [2.24, 2.45) is 5.92 Å². The average molecular weight is 194 g/mol. The first-order valence-electron chi connectivity index (χ1n) is 4.33. The molecule has 2 rings (SSSR count). The quantitative estimate of drug-likeness (QED) is 0.700. The molecule has 0 radical (unpaired) electrons. The second-order valence-electron chi connectivity index (χ2n) is 3.57. The molecule has 0 saturated heterocycles. The van der Waals surface area contributed by atoms with Crippen molar-refractivity contribution in [2.75, 3.05) is 0 Å². The minimum absolute atomic E-state index is 0.223. The van der Waals surface area contributed by atoms with Crippen molar-refractivity contribution in [2.45, 2.75) is 18.4 Å². The van der Waals surface area contributed by atoms with Crippen molar-refractivity contribution in [3.05, 3.63) is 24.3 Å². The standard InChI is InChI=1S/C9H10N2O3/c12-8(13)6-3-9(14,4-6)7-5-10-1-2-11-7/h1-2,5-6,14H,3-4H2,(H,12,13). The number of hydrogen-bond acceptors (Lipinski definition) is 4. The summed E-state index contributed by atoms with van der Waals surface area (Å²) in [6.45, 7) is 0. The highest BCUT2D eigenvalue weighted by Gasteiger charge is 2.48. The summed E-state index contributed by atoms with van der Waals surface area (Å²) in [6, 6.07) is 0. The van der Waals surface area contributed by atoms with E-state index in [1.165, 1.54) is 18.6 Å². The molecule has 0 amide bonds. The van der Waals surface area contributed by atoms with Crippen LogP contribution < -0.4 is 0 Å². The van der Waals surface area contributed by atoms with Crippen LogP contribution in [0.5, 0.6) is 0 Å². The number of carbonyl (C=O) groups is 1. The molecule has 0 aliphatic heterocycles. The molecule has 5 nitrogen and oxygen atoms in total. The van der Waals surface area contributed by atoms with Crippen LogP contribution in [0.15, 0.2) is 18.6 Å². The number of aliphatic hydroxyl groups is 1. The zero-order valence-electron chi connectivity index (χ0n) is 7.42. The fourth-order valence-corrected chi connectivity index (χ4v) is 1.68. The molecule has 1 aromatic heterocycles. The fourth-order valence-electron chi connectivity index (χ4n) is 1.68. The van der Waals surface area contributed by atoms with E-state index in [4.69, 9.17) is 5.11 Å². The smallest absolute Gasteiger partial charge is 0.306 e. The number of carboxylic acid groups (broad SMARTS) is 1. The highest BCUT2D eigenvalue weighted by Crippen LogP contribution is 2.44. The lowest BCUT2D eigenvalue weighted by molar-refractivity contribution is -0.160. The summed E-state index contributed by atoms with van der Waals surface area (Å²) >= 11 is 0. The lowest BCUT2D eigenvalue weighted by Crippen LogP contribution is -2.45.